The first-order valence-corrected chi connectivity index (χ1v) is 5.65. The molecule has 0 amide bonds. The Hall–Kier alpha value is -2.28. The molecule has 1 aromatic heterocycles. The van der Waals surface area contributed by atoms with Crippen LogP contribution in [0.25, 0.3) is 11.3 Å². The minimum absolute atomic E-state index is 0.538. The van der Waals surface area contributed by atoms with E-state index in [1.54, 1.807) is 18.0 Å². The molecule has 18 heavy (non-hydrogen) atoms. The molecular weight excluding hydrogens is 226 g/mol. The Bertz CT molecular complexity index is 635. The number of nitriles is 1. The maximum absolute atomic E-state index is 9.19. The number of hydrogen-bond acceptors (Lipinski definition) is 3. The molecule has 0 spiro atoms. The van der Waals surface area contributed by atoms with Crippen molar-refractivity contribution >= 4 is 0 Å². The van der Waals surface area contributed by atoms with Gasteiger partial charge in [-0.1, -0.05) is 0 Å². The summed E-state index contributed by atoms with van der Waals surface area (Å²) in [4.78, 5) is 4.30. The maximum atomic E-state index is 9.19. The first-order valence-electron chi connectivity index (χ1n) is 5.65. The molecule has 0 aliphatic rings. The first kappa shape index (κ1) is 12.2. The van der Waals surface area contributed by atoms with E-state index in [-0.39, 0.29) is 0 Å². The van der Waals surface area contributed by atoms with Crippen LogP contribution < -0.4 is 4.74 Å². The van der Waals surface area contributed by atoms with Crippen LogP contribution in [0, 0.1) is 25.2 Å². The van der Waals surface area contributed by atoms with Crippen molar-refractivity contribution in [2.24, 2.45) is 7.05 Å². The van der Waals surface area contributed by atoms with Crippen molar-refractivity contribution in [1.29, 1.82) is 5.26 Å². The van der Waals surface area contributed by atoms with Crippen molar-refractivity contribution in [3.63, 3.8) is 0 Å². The zero-order chi connectivity index (χ0) is 13.3. The summed E-state index contributed by atoms with van der Waals surface area (Å²) >= 11 is 0. The summed E-state index contributed by atoms with van der Waals surface area (Å²) in [5.41, 5.74) is 4.37. The Morgan fingerprint density at radius 1 is 1.28 bits per heavy atom. The van der Waals surface area contributed by atoms with Gasteiger partial charge in [-0.15, -0.1) is 0 Å². The summed E-state index contributed by atoms with van der Waals surface area (Å²) in [6, 6.07) is 6.16. The van der Waals surface area contributed by atoms with Crippen molar-refractivity contribution < 1.29 is 4.74 Å². The number of hydrogen-bond donors (Lipinski definition) is 0. The van der Waals surface area contributed by atoms with Crippen LogP contribution in [-0.2, 0) is 7.05 Å². The minimum Gasteiger partial charge on any atom is -0.496 e. The van der Waals surface area contributed by atoms with Gasteiger partial charge in [0.05, 0.1) is 13.4 Å². The van der Waals surface area contributed by atoms with Crippen molar-refractivity contribution in [2.45, 2.75) is 13.8 Å². The van der Waals surface area contributed by atoms with Gasteiger partial charge in [-0.2, -0.15) is 5.26 Å². The zero-order valence-corrected chi connectivity index (χ0v) is 11.0. The molecule has 92 valence electrons. The predicted molar refractivity (Wildman–Crippen MR) is 69.4 cm³/mol. The molecule has 4 heteroatoms. The van der Waals surface area contributed by atoms with Crippen molar-refractivity contribution in [3.05, 3.63) is 35.3 Å². The fourth-order valence-electron chi connectivity index (χ4n) is 1.90. The Morgan fingerprint density at radius 3 is 2.56 bits per heavy atom. The molecule has 2 aromatic rings. The zero-order valence-electron chi connectivity index (χ0n) is 11.0. The van der Waals surface area contributed by atoms with Gasteiger partial charge >= 0.3 is 0 Å². The lowest BCUT2D eigenvalue weighted by molar-refractivity contribution is 0.416. The Kier molecular flexibility index (Phi) is 3.07. The van der Waals surface area contributed by atoms with Crippen LogP contribution in [0.15, 0.2) is 18.5 Å². The van der Waals surface area contributed by atoms with Gasteiger partial charge in [0.15, 0.2) is 0 Å². The Labute approximate surface area is 106 Å². The molecule has 0 atom stereocenters. The molecule has 1 aromatic carbocycles. The van der Waals surface area contributed by atoms with Crippen LogP contribution in [0.3, 0.4) is 0 Å². The molecule has 0 radical (unpaired) electrons. The highest BCUT2D eigenvalue weighted by molar-refractivity contribution is 5.72. The summed E-state index contributed by atoms with van der Waals surface area (Å²) in [5.74, 6) is 0.744. The van der Waals surface area contributed by atoms with E-state index in [0.717, 1.165) is 22.4 Å². The number of rotatable bonds is 2. The molecule has 0 unspecified atom stereocenters. The lowest BCUT2D eigenvalue weighted by atomic mass is 10.0. The van der Waals surface area contributed by atoms with Gasteiger partial charge < -0.3 is 9.30 Å². The molecule has 0 bridgehead atoms. The molecule has 4 nitrogen and oxygen atoms in total. The van der Waals surface area contributed by atoms with Gasteiger partial charge in [-0.25, -0.2) is 4.98 Å². The third-order valence-corrected chi connectivity index (χ3v) is 3.11. The SMILES string of the molecule is COc1cc(C)c(C)cc1-c1ncn(C)c1C#N. The third-order valence-electron chi connectivity index (χ3n) is 3.11. The monoisotopic (exact) mass is 241 g/mol. The molecule has 0 N–H and O–H groups in total. The van der Waals surface area contributed by atoms with Gasteiger partial charge in [-0.3, -0.25) is 0 Å². The van der Waals surface area contributed by atoms with Gasteiger partial charge in [0, 0.05) is 12.6 Å². The highest BCUT2D eigenvalue weighted by atomic mass is 16.5. The van der Waals surface area contributed by atoms with E-state index in [2.05, 4.69) is 11.1 Å². The number of ether oxygens (including phenoxy) is 1. The first-order chi connectivity index (χ1) is 8.58. The summed E-state index contributed by atoms with van der Waals surface area (Å²) < 4.78 is 7.10. The summed E-state index contributed by atoms with van der Waals surface area (Å²) in [5, 5.41) is 9.19. The van der Waals surface area contributed by atoms with Crippen LogP contribution in [-0.4, -0.2) is 16.7 Å². The van der Waals surface area contributed by atoms with Gasteiger partial charge in [0.2, 0.25) is 0 Å². The summed E-state index contributed by atoms with van der Waals surface area (Å²) in [6.45, 7) is 4.07. The van der Waals surface area contributed by atoms with E-state index in [1.807, 2.05) is 33.0 Å². The fourth-order valence-corrected chi connectivity index (χ4v) is 1.90. The van der Waals surface area contributed by atoms with Crippen LogP contribution >= 0.6 is 0 Å². The number of benzene rings is 1. The molecular formula is C14H15N3O. The molecule has 2 rings (SSSR count). The van der Waals surface area contributed by atoms with Crippen LogP contribution in [0.2, 0.25) is 0 Å². The van der Waals surface area contributed by atoms with Crippen LogP contribution in [0.1, 0.15) is 16.8 Å². The second-order valence-electron chi connectivity index (χ2n) is 4.30. The molecule has 0 aliphatic carbocycles. The van der Waals surface area contributed by atoms with E-state index in [1.165, 1.54) is 0 Å². The summed E-state index contributed by atoms with van der Waals surface area (Å²) in [7, 11) is 3.44. The van der Waals surface area contributed by atoms with Crippen molar-refractivity contribution in [1.82, 2.24) is 9.55 Å². The van der Waals surface area contributed by atoms with Gasteiger partial charge in [0.1, 0.15) is 23.2 Å². The molecule has 1 heterocycles. The molecule has 0 saturated carbocycles. The topological polar surface area (TPSA) is 50.8 Å². The third kappa shape index (κ3) is 1.84. The number of methoxy groups -OCH3 is 1. The lowest BCUT2D eigenvalue weighted by Gasteiger charge is -2.10. The fraction of sp³-hybridized carbons (Fsp3) is 0.286. The highest BCUT2D eigenvalue weighted by Gasteiger charge is 2.16. The number of imidazole rings is 1. The van der Waals surface area contributed by atoms with Gasteiger partial charge in [0.25, 0.3) is 0 Å². The standard InChI is InChI=1S/C14H15N3O/c1-9-5-11(13(18-4)6-10(9)2)14-12(7-15)17(3)8-16-14/h5-6,8H,1-4H3. The quantitative estimate of drug-likeness (QED) is 0.812. The predicted octanol–water partition coefficient (Wildman–Crippen LogP) is 2.58. The number of aryl methyl sites for hydroxylation is 3. The Morgan fingerprint density at radius 2 is 1.94 bits per heavy atom. The average Bonchev–Trinajstić information content (AvgIpc) is 2.73. The van der Waals surface area contributed by atoms with Crippen LogP contribution in [0.4, 0.5) is 0 Å². The van der Waals surface area contributed by atoms with E-state index in [9.17, 15) is 5.26 Å². The number of nitrogens with zero attached hydrogens (tertiary/aromatic N) is 3. The van der Waals surface area contributed by atoms with E-state index in [0.29, 0.717) is 11.4 Å². The van der Waals surface area contributed by atoms with Crippen molar-refractivity contribution in [3.8, 4) is 23.1 Å². The molecule has 0 saturated heterocycles. The smallest absolute Gasteiger partial charge is 0.147 e. The highest BCUT2D eigenvalue weighted by Crippen LogP contribution is 2.33. The Balaban J connectivity index is 2.71. The minimum atomic E-state index is 0.538. The molecule has 0 aliphatic heterocycles. The summed E-state index contributed by atoms with van der Waals surface area (Å²) in [6.07, 6.45) is 1.64. The normalized spacial score (nSPS) is 10.2. The van der Waals surface area contributed by atoms with E-state index in [4.69, 9.17) is 4.74 Å². The van der Waals surface area contributed by atoms with Gasteiger partial charge in [-0.05, 0) is 37.1 Å². The van der Waals surface area contributed by atoms with E-state index < -0.39 is 0 Å². The maximum Gasteiger partial charge on any atom is 0.147 e. The second-order valence-corrected chi connectivity index (χ2v) is 4.30. The van der Waals surface area contributed by atoms with E-state index >= 15 is 0 Å². The second kappa shape index (κ2) is 4.53. The van der Waals surface area contributed by atoms with Crippen molar-refractivity contribution in [2.75, 3.05) is 7.11 Å². The average molecular weight is 241 g/mol. The number of aromatic nitrogens is 2. The lowest BCUT2D eigenvalue weighted by Crippen LogP contribution is -1.95. The molecule has 0 fully saturated rings. The largest absolute Gasteiger partial charge is 0.496 e. The van der Waals surface area contributed by atoms with Crippen LogP contribution in [0.5, 0.6) is 5.75 Å².